The van der Waals surface area contributed by atoms with E-state index in [9.17, 15) is 0 Å². The Morgan fingerprint density at radius 3 is 2.80 bits per heavy atom. The van der Waals surface area contributed by atoms with Crippen LogP contribution in [0.4, 0.5) is 0 Å². The maximum Gasteiger partial charge on any atom is 0.133 e. The molecule has 20 heavy (non-hydrogen) atoms. The first-order valence-corrected chi connectivity index (χ1v) is 7.29. The highest BCUT2D eigenvalue weighted by Gasteiger charge is 2.21. The van der Waals surface area contributed by atoms with E-state index < -0.39 is 0 Å². The number of halogens is 1. The summed E-state index contributed by atoms with van der Waals surface area (Å²) in [4.78, 5) is 4.57. The van der Waals surface area contributed by atoms with E-state index in [-0.39, 0.29) is 0 Å². The molecule has 0 atom stereocenters. The molecule has 0 N–H and O–H groups in total. The van der Waals surface area contributed by atoms with Gasteiger partial charge < -0.3 is 0 Å². The average molecular weight is 280 g/mol. The Balaban J connectivity index is 2.18. The molecule has 2 heteroatoms. The molecule has 0 saturated carbocycles. The molecule has 98 valence electrons. The zero-order valence-corrected chi connectivity index (χ0v) is 12.0. The molecular formula is C18H14ClN. The van der Waals surface area contributed by atoms with E-state index in [0.717, 1.165) is 18.4 Å². The van der Waals surface area contributed by atoms with Crippen molar-refractivity contribution in [3.05, 3.63) is 64.3 Å². The predicted octanol–water partition coefficient (Wildman–Crippen LogP) is 4.96. The second-order valence-corrected chi connectivity index (χ2v) is 5.79. The van der Waals surface area contributed by atoms with Gasteiger partial charge in [-0.05, 0) is 54.2 Å². The van der Waals surface area contributed by atoms with Crippen molar-refractivity contribution in [3.63, 3.8) is 0 Å². The highest BCUT2D eigenvalue weighted by atomic mass is 35.5. The molecule has 1 aliphatic rings. The van der Waals surface area contributed by atoms with Crippen molar-refractivity contribution in [3.8, 4) is 11.1 Å². The number of hydrogen-bond donors (Lipinski definition) is 0. The molecule has 0 spiro atoms. The lowest BCUT2D eigenvalue weighted by atomic mass is 9.84. The van der Waals surface area contributed by atoms with Crippen molar-refractivity contribution in [1.29, 1.82) is 0 Å². The van der Waals surface area contributed by atoms with Gasteiger partial charge in [0, 0.05) is 5.39 Å². The smallest absolute Gasteiger partial charge is 0.133 e. The molecule has 0 aliphatic heterocycles. The first-order valence-electron chi connectivity index (χ1n) is 6.91. The summed E-state index contributed by atoms with van der Waals surface area (Å²) in [6, 6.07) is 15.0. The third-order valence-electron chi connectivity index (χ3n) is 4.12. The van der Waals surface area contributed by atoms with E-state index in [1.807, 2.05) is 0 Å². The number of rotatable bonds is 0. The molecule has 1 heterocycles. The van der Waals surface area contributed by atoms with Gasteiger partial charge in [0.05, 0.1) is 5.52 Å². The second kappa shape index (κ2) is 4.32. The molecular weight excluding hydrogens is 266 g/mol. The van der Waals surface area contributed by atoms with Gasteiger partial charge in [-0.3, -0.25) is 0 Å². The van der Waals surface area contributed by atoms with Crippen LogP contribution in [0.15, 0.2) is 42.5 Å². The summed E-state index contributed by atoms with van der Waals surface area (Å²) in [5.74, 6) is 0. The molecule has 1 aromatic heterocycles. The Bertz CT molecular complexity index is 836. The van der Waals surface area contributed by atoms with Crippen molar-refractivity contribution in [2.45, 2.75) is 19.8 Å². The van der Waals surface area contributed by atoms with E-state index >= 15 is 0 Å². The summed E-state index contributed by atoms with van der Waals surface area (Å²) < 4.78 is 0. The monoisotopic (exact) mass is 279 g/mol. The molecule has 0 radical (unpaired) electrons. The third kappa shape index (κ3) is 1.66. The number of nitrogens with zero attached hydrogens (tertiary/aromatic N) is 1. The lowest BCUT2D eigenvalue weighted by Crippen LogP contribution is -2.06. The van der Waals surface area contributed by atoms with E-state index in [4.69, 9.17) is 11.6 Å². The SMILES string of the molecule is Cc1ccc2nc(Cl)c3c(c2c1)-c1ccccc1CC3. The first kappa shape index (κ1) is 11.9. The maximum absolute atomic E-state index is 6.42. The van der Waals surface area contributed by atoms with E-state index in [0.29, 0.717) is 5.15 Å². The first-order chi connectivity index (χ1) is 9.74. The summed E-state index contributed by atoms with van der Waals surface area (Å²) in [6.45, 7) is 2.12. The van der Waals surface area contributed by atoms with Gasteiger partial charge in [-0.15, -0.1) is 0 Å². The van der Waals surface area contributed by atoms with E-state index in [1.54, 1.807) is 0 Å². The highest BCUT2D eigenvalue weighted by molar-refractivity contribution is 6.31. The van der Waals surface area contributed by atoms with Crippen LogP contribution in [-0.4, -0.2) is 4.98 Å². The summed E-state index contributed by atoms with van der Waals surface area (Å²) >= 11 is 6.42. The Morgan fingerprint density at radius 2 is 1.90 bits per heavy atom. The van der Waals surface area contributed by atoms with E-state index in [2.05, 4.69) is 54.4 Å². The minimum Gasteiger partial charge on any atom is -0.236 e. The molecule has 0 fully saturated rings. The second-order valence-electron chi connectivity index (χ2n) is 5.43. The average Bonchev–Trinajstić information content (AvgIpc) is 2.47. The van der Waals surface area contributed by atoms with Gasteiger partial charge in [-0.1, -0.05) is 47.5 Å². The van der Waals surface area contributed by atoms with Gasteiger partial charge in [0.1, 0.15) is 5.15 Å². The van der Waals surface area contributed by atoms with Crippen molar-refractivity contribution in [1.82, 2.24) is 4.98 Å². The standard InChI is InChI=1S/C18H14ClN/c1-11-6-9-16-15(10-11)17-13-5-3-2-4-12(13)7-8-14(17)18(19)20-16/h2-6,9-10H,7-8H2,1H3. The Hall–Kier alpha value is -1.86. The van der Waals surface area contributed by atoms with Gasteiger partial charge in [0.15, 0.2) is 0 Å². The molecule has 1 nitrogen and oxygen atoms in total. The zero-order valence-electron chi connectivity index (χ0n) is 11.3. The van der Waals surface area contributed by atoms with Gasteiger partial charge in [-0.25, -0.2) is 4.98 Å². The molecule has 4 rings (SSSR count). The number of benzene rings is 2. The van der Waals surface area contributed by atoms with Gasteiger partial charge in [-0.2, -0.15) is 0 Å². The Morgan fingerprint density at radius 1 is 1.05 bits per heavy atom. The summed E-state index contributed by atoms with van der Waals surface area (Å²) in [7, 11) is 0. The van der Waals surface area contributed by atoms with Crippen LogP contribution in [0.5, 0.6) is 0 Å². The van der Waals surface area contributed by atoms with Crippen LogP contribution in [0.3, 0.4) is 0 Å². The summed E-state index contributed by atoms with van der Waals surface area (Å²) in [5, 5.41) is 1.88. The van der Waals surface area contributed by atoms with Gasteiger partial charge >= 0.3 is 0 Å². The third-order valence-corrected chi connectivity index (χ3v) is 4.43. The van der Waals surface area contributed by atoms with Crippen molar-refractivity contribution < 1.29 is 0 Å². The summed E-state index contributed by atoms with van der Waals surface area (Å²) in [5.41, 5.74) is 7.44. The van der Waals surface area contributed by atoms with Crippen molar-refractivity contribution >= 4 is 22.5 Å². The molecule has 0 unspecified atom stereocenters. The molecule has 3 aromatic rings. The Labute approximate surface area is 123 Å². The molecule has 0 amide bonds. The van der Waals surface area contributed by atoms with Crippen molar-refractivity contribution in [2.24, 2.45) is 0 Å². The number of pyridine rings is 1. The number of aromatic nitrogens is 1. The molecule has 1 aliphatic carbocycles. The fourth-order valence-corrected chi connectivity index (χ4v) is 3.44. The normalized spacial score (nSPS) is 13.1. The van der Waals surface area contributed by atoms with Gasteiger partial charge in [0.25, 0.3) is 0 Å². The number of hydrogen-bond acceptors (Lipinski definition) is 1. The largest absolute Gasteiger partial charge is 0.236 e. The lowest BCUT2D eigenvalue weighted by Gasteiger charge is -2.22. The Kier molecular flexibility index (Phi) is 2.58. The van der Waals surface area contributed by atoms with Crippen molar-refractivity contribution in [2.75, 3.05) is 0 Å². The van der Waals surface area contributed by atoms with Crippen LogP contribution < -0.4 is 0 Å². The van der Waals surface area contributed by atoms with Crippen LogP contribution in [0.2, 0.25) is 5.15 Å². The fourth-order valence-electron chi connectivity index (χ4n) is 3.16. The molecule has 0 saturated heterocycles. The van der Waals surface area contributed by atoms with Crippen LogP contribution in [0.25, 0.3) is 22.0 Å². The minimum atomic E-state index is 0.658. The number of fused-ring (bicyclic) bond motifs is 5. The van der Waals surface area contributed by atoms with E-state index in [1.165, 1.54) is 33.2 Å². The van der Waals surface area contributed by atoms with Crippen LogP contribution in [0.1, 0.15) is 16.7 Å². The maximum atomic E-state index is 6.42. The molecule has 0 bridgehead atoms. The quantitative estimate of drug-likeness (QED) is 0.530. The van der Waals surface area contributed by atoms with Gasteiger partial charge in [0.2, 0.25) is 0 Å². The number of aryl methyl sites for hydroxylation is 2. The lowest BCUT2D eigenvalue weighted by molar-refractivity contribution is 0.937. The van der Waals surface area contributed by atoms with Crippen LogP contribution >= 0.6 is 11.6 Å². The van der Waals surface area contributed by atoms with Crippen LogP contribution in [-0.2, 0) is 12.8 Å². The highest BCUT2D eigenvalue weighted by Crippen LogP contribution is 2.40. The zero-order chi connectivity index (χ0) is 13.7. The van der Waals surface area contributed by atoms with Crippen LogP contribution in [0, 0.1) is 6.92 Å². The predicted molar refractivity (Wildman–Crippen MR) is 84.3 cm³/mol. The topological polar surface area (TPSA) is 12.9 Å². The fraction of sp³-hybridized carbons (Fsp3) is 0.167. The summed E-state index contributed by atoms with van der Waals surface area (Å²) in [6.07, 6.45) is 2.02. The molecule has 2 aromatic carbocycles. The minimum absolute atomic E-state index is 0.658.